The van der Waals surface area contributed by atoms with E-state index in [1.54, 1.807) is 0 Å². The summed E-state index contributed by atoms with van der Waals surface area (Å²) < 4.78 is 0. The molecule has 1 heterocycles. The predicted octanol–water partition coefficient (Wildman–Crippen LogP) is 2.42. The number of nitrogens with one attached hydrogen (secondary N) is 1. The van der Waals surface area contributed by atoms with Crippen molar-refractivity contribution in [3.05, 3.63) is 0 Å². The van der Waals surface area contributed by atoms with Gasteiger partial charge in [-0.25, -0.2) is 0 Å². The van der Waals surface area contributed by atoms with Gasteiger partial charge < -0.3 is 5.32 Å². The summed E-state index contributed by atoms with van der Waals surface area (Å²) in [6.45, 7) is 7.21. The molecule has 1 N–H and O–H groups in total. The molecule has 0 amide bonds. The normalized spacial score (nSPS) is 27.3. The van der Waals surface area contributed by atoms with E-state index in [-0.39, 0.29) is 0 Å². The molecule has 1 rings (SSSR count). The van der Waals surface area contributed by atoms with Gasteiger partial charge in [0.1, 0.15) is 0 Å². The maximum atomic E-state index is 3.43. The fraction of sp³-hybridized carbons (Fsp3) is 1.00. The molecule has 1 fully saturated rings. The van der Waals surface area contributed by atoms with Gasteiger partial charge in [-0.15, -0.1) is 0 Å². The van der Waals surface area contributed by atoms with Gasteiger partial charge in [-0.05, 0) is 31.3 Å². The Labute approximate surface area is 70.6 Å². The minimum Gasteiger partial charge on any atom is -0.316 e. The van der Waals surface area contributed by atoms with Crippen LogP contribution in [-0.2, 0) is 0 Å². The second kappa shape index (κ2) is 4.76. The summed E-state index contributed by atoms with van der Waals surface area (Å²) in [4.78, 5) is 0. The summed E-state index contributed by atoms with van der Waals surface area (Å²) in [5.74, 6) is 1.92. The topological polar surface area (TPSA) is 12.0 Å². The highest BCUT2D eigenvalue weighted by Gasteiger charge is 2.20. The maximum Gasteiger partial charge on any atom is -0.00175 e. The summed E-state index contributed by atoms with van der Waals surface area (Å²) in [7, 11) is 0. The Hall–Kier alpha value is -0.0400. The van der Waals surface area contributed by atoms with Crippen molar-refractivity contribution in [3.63, 3.8) is 0 Å². The number of hydrogen-bond donors (Lipinski definition) is 1. The van der Waals surface area contributed by atoms with Crippen LogP contribution in [0.3, 0.4) is 0 Å². The van der Waals surface area contributed by atoms with E-state index in [4.69, 9.17) is 0 Å². The molecule has 0 aromatic rings. The van der Waals surface area contributed by atoms with Crippen molar-refractivity contribution in [1.82, 2.24) is 5.32 Å². The average Bonchev–Trinajstić information content (AvgIpc) is 2.52. The molecule has 0 spiro atoms. The Morgan fingerprint density at radius 1 is 1.55 bits per heavy atom. The molecular weight excluding hydrogens is 134 g/mol. The summed E-state index contributed by atoms with van der Waals surface area (Å²) in [5, 5.41) is 3.43. The van der Waals surface area contributed by atoms with Crippen molar-refractivity contribution >= 4 is 0 Å². The molecule has 0 bridgehead atoms. The fourth-order valence-electron chi connectivity index (χ4n) is 1.92. The third-order valence-corrected chi connectivity index (χ3v) is 2.92. The molecular formula is C10H21N. The summed E-state index contributed by atoms with van der Waals surface area (Å²) in [5.41, 5.74) is 0. The van der Waals surface area contributed by atoms with Crippen LogP contribution in [0.5, 0.6) is 0 Å². The first kappa shape index (κ1) is 9.05. The first-order valence-corrected chi connectivity index (χ1v) is 5.05. The summed E-state index contributed by atoms with van der Waals surface area (Å²) in [6.07, 6.45) is 5.61. The van der Waals surface area contributed by atoms with Gasteiger partial charge in [0.2, 0.25) is 0 Å². The number of unbranched alkanes of at least 4 members (excludes halogenated alkanes) is 1. The molecule has 11 heavy (non-hydrogen) atoms. The molecule has 0 aliphatic carbocycles. The lowest BCUT2D eigenvalue weighted by atomic mass is 9.89. The predicted molar refractivity (Wildman–Crippen MR) is 49.7 cm³/mol. The molecule has 66 valence electrons. The lowest BCUT2D eigenvalue weighted by Crippen LogP contribution is -2.15. The molecule has 1 saturated heterocycles. The molecule has 0 aromatic carbocycles. The largest absolute Gasteiger partial charge is 0.316 e. The van der Waals surface area contributed by atoms with Gasteiger partial charge in [-0.3, -0.25) is 0 Å². The van der Waals surface area contributed by atoms with Crippen LogP contribution in [0.25, 0.3) is 0 Å². The first-order valence-electron chi connectivity index (χ1n) is 5.05. The average molecular weight is 155 g/mol. The van der Waals surface area contributed by atoms with Crippen LogP contribution in [0.4, 0.5) is 0 Å². The molecule has 2 atom stereocenters. The SMILES string of the molecule is CCCCC(C)C1CCNC1. The molecule has 2 unspecified atom stereocenters. The molecule has 1 heteroatoms. The molecule has 0 radical (unpaired) electrons. The van der Waals surface area contributed by atoms with Crippen LogP contribution < -0.4 is 5.32 Å². The highest BCUT2D eigenvalue weighted by Crippen LogP contribution is 2.22. The van der Waals surface area contributed by atoms with Crippen LogP contribution in [0.15, 0.2) is 0 Å². The standard InChI is InChI=1S/C10H21N/c1-3-4-5-9(2)10-6-7-11-8-10/h9-11H,3-8H2,1-2H3. The van der Waals surface area contributed by atoms with E-state index in [2.05, 4.69) is 19.2 Å². The Balaban J connectivity index is 2.12. The summed E-state index contributed by atoms with van der Waals surface area (Å²) >= 11 is 0. The smallest absolute Gasteiger partial charge is 0.00175 e. The van der Waals surface area contributed by atoms with Gasteiger partial charge in [0.05, 0.1) is 0 Å². The zero-order valence-electron chi connectivity index (χ0n) is 7.90. The van der Waals surface area contributed by atoms with Gasteiger partial charge in [0.25, 0.3) is 0 Å². The van der Waals surface area contributed by atoms with Crippen molar-refractivity contribution in [2.24, 2.45) is 11.8 Å². The Morgan fingerprint density at radius 2 is 2.36 bits per heavy atom. The van der Waals surface area contributed by atoms with Crippen molar-refractivity contribution in [2.45, 2.75) is 39.5 Å². The maximum absolute atomic E-state index is 3.43. The zero-order chi connectivity index (χ0) is 8.10. The summed E-state index contributed by atoms with van der Waals surface area (Å²) in [6, 6.07) is 0. The Morgan fingerprint density at radius 3 is 2.91 bits per heavy atom. The van der Waals surface area contributed by atoms with E-state index in [1.165, 1.54) is 38.8 Å². The highest BCUT2D eigenvalue weighted by atomic mass is 14.9. The van der Waals surface area contributed by atoms with Crippen molar-refractivity contribution in [2.75, 3.05) is 13.1 Å². The van der Waals surface area contributed by atoms with Gasteiger partial charge in [0, 0.05) is 0 Å². The van der Waals surface area contributed by atoms with Crippen molar-refractivity contribution in [1.29, 1.82) is 0 Å². The van der Waals surface area contributed by atoms with Gasteiger partial charge >= 0.3 is 0 Å². The molecule has 1 aliphatic rings. The minimum atomic E-state index is 0.949. The van der Waals surface area contributed by atoms with Gasteiger partial charge in [-0.1, -0.05) is 33.1 Å². The van der Waals surface area contributed by atoms with Crippen molar-refractivity contribution < 1.29 is 0 Å². The van der Waals surface area contributed by atoms with Crippen LogP contribution in [0.2, 0.25) is 0 Å². The van der Waals surface area contributed by atoms with E-state index in [0.29, 0.717) is 0 Å². The molecule has 0 saturated carbocycles. The third-order valence-electron chi connectivity index (χ3n) is 2.92. The molecule has 0 aromatic heterocycles. The number of rotatable bonds is 4. The minimum absolute atomic E-state index is 0.949. The Kier molecular flexibility index (Phi) is 3.92. The lowest BCUT2D eigenvalue weighted by molar-refractivity contribution is 0.354. The van der Waals surface area contributed by atoms with Crippen LogP contribution in [0, 0.1) is 11.8 Å². The van der Waals surface area contributed by atoms with E-state index in [0.717, 1.165) is 11.8 Å². The first-order chi connectivity index (χ1) is 5.34. The monoisotopic (exact) mass is 155 g/mol. The number of hydrogen-bond acceptors (Lipinski definition) is 1. The van der Waals surface area contributed by atoms with Gasteiger partial charge in [0.15, 0.2) is 0 Å². The van der Waals surface area contributed by atoms with E-state index < -0.39 is 0 Å². The van der Waals surface area contributed by atoms with E-state index >= 15 is 0 Å². The van der Waals surface area contributed by atoms with Crippen LogP contribution >= 0.6 is 0 Å². The van der Waals surface area contributed by atoms with Crippen LogP contribution in [0.1, 0.15) is 39.5 Å². The van der Waals surface area contributed by atoms with E-state index in [1.807, 2.05) is 0 Å². The van der Waals surface area contributed by atoms with E-state index in [9.17, 15) is 0 Å². The van der Waals surface area contributed by atoms with Crippen LogP contribution in [-0.4, -0.2) is 13.1 Å². The Bertz CT molecular complexity index is 95.0. The third kappa shape index (κ3) is 2.82. The zero-order valence-corrected chi connectivity index (χ0v) is 7.90. The second-order valence-electron chi connectivity index (χ2n) is 3.87. The highest BCUT2D eigenvalue weighted by molar-refractivity contribution is 4.75. The quantitative estimate of drug-likeness (QED) is 0.657. The fourth-order valence-corrected chi connectivity index (χ4v) is 1.92. The lowest BCUT2D eigenvalue weighted by Gasteiger charge is -2.17. The molecule has 1 aliphatic heterocycles. The van der Waals surface area contributed by atoms with Crippen molar-refractivity contribution in [3.8, 4) is 0 Å². The second-order valence-corrected chi connectivity index (χ2v) is 3.87. The molecule has 1 nitrogen and oxygen atoms in total. The van der Waals surface area contributed by atoms with Gasteiger partial charge in [-0.2, -0.15) is 0 Å².